The number of rotatable bonds is 7. The molecule has 3 heterocycles. The number of ether oxygens (including phenoxy) is 1. The maximum absolute atomic E-state index is 12.6. The number of anilines is 1. The summed E-state index contributed by atoms with van der Waals surface area (Å²) in [5.74, 6) is 1.63. The molecule has 1 fully saturated rings. The van der Waals surface area contributed by atoms with Crippen LogP contribution in [0.1, 0.15) is 44.7 Å². The highest BCUT2D eigenvalue weighted by Crippen LogP contribution is 2.26. The van der Waals surface area contributed by atoms with Gasteiger partial charge < -0.3 is 10.1 Å². The Kier molecular flexibility index (Phi) is 6.22. The third-order valence-electron chi connectivity index (χ3n) is 4.80. The highest BCUT2D eigenvalue weighted by atomic mass is 16.5. The Hall–Kier alpha value is -2.41. The van der Waals surface area contributed by atoms with Gasteiger partial charge in [-0.15, -0.1) is 0 Å². The molecule has 1 saturated heterocycles. The van der Waals surface area contributed by atoms with Gasteiger partial charge in [-0.2, -0.15) is 5.10 Å². The van der Waals surface area contributed by atoms with Crippen LogP contribution in [0.3, 0.4) is 0 Å². The summed E-state index contributed by atoms with van der Waals surface area (Å²) < 4.78 is 5.51. The number of hydrogen-bond donors (Lipinski definition) is 2. The minimum absolute atomic E-state index is 0.0370. The van der Waals surface area contributed by atoms with Crippen LogP contribution in [0.5, 0.6) is 5.75 Å². The lowest BCUT2D eigenvalue weighted by Gasteiger charge is -2.35. The normalized spacial score (nSPS) is 19.1. The van der Waals surface area contributed by atoms with Crippen molar-refractivity contribution < 1.29 is 9.53 Å². The minimum Gasteiger partial charge on any atom is -0.492 e. The van der Waals surface area contributed by atoms with Crippen molar-refractivity contribution in [3.63, 3.8) is 0 Å². The van der Waals surface area contributed by atoms with Gasteiger partial charge in [-0.3, -0.25) is 14.8 Å². The van der Waals surface area contributed by atoms with Crippen LogP contribution in [0.15, 0.2) is 30.6 Å². The average Bonchev–Trinajstić information content (AvgIpc) is 3.22. The van der Waals surface area contributed by atoms with Gasteiger partial charge in [0.1, 0.15) is 11.6 Å². The Morgan fingerprint density at radius 2 is 2.35 bits per heavy atom. The van der Waals surface area contributed by atoms with Crippen LogP contribution in [0.4, 0.5) is 5.82 Å². The molecule has 2 aromatic heterocycles. The number of carbonyl (C=O) groups excluding carboxylic acids is 1. The molecule has 1 amide bonds. The Morgan fingerprint density at radius 1 is 1.46 bits per heavy atom. The fourth-order valence-electron chi connectivity index (χ4n) is 3.26. The maximum atomic E-state index is 12.6. The van der Waals surface area contributed by atoms with Gasteiger partial charge in [0, 0.05) is 24.4 Å². The SMILES string of the molecule is CCCOc1ccc(NC(=O)[C@H](C)N2CCCC(c3ccn[nH]3)C2)nc1. The maximum Gasteiger partial charge on any atom is 0.242 e. The number of hydrogen-bond acceptors (Lipinski definition) is 5. The lowest BCUT2D eigenvalue weighted by molar-refractivity contribution is -0.121. The molecular weight excluding hydrogens is 330 g/mol. The molecule has 1 aliphatic heterocycles. The molecule has 2 N–H and O–H groups in total. The van der Waals surface area contributed by atoms with Crippen LogP contribution < -0.4 is 10.1 Å². The summed E-state index contributed by atoms with van der Waals surface area (Å²) in [6.07, 6.45) is 6.57. The first-order chi connectivity index (χ1) is 12.7. The molecule has 0 spiro atoms. The fourth-order valence-corrected chi connectivity index (χ4v) is 3.26. The number of H-pyrrole nitrogens is 1. The van der Waals surface area contributed by atoms with Gasteiger partial charge in [-0.05, 0) is 50.9 Å². The third kappa shape index (κ3) is 4.60. The number of pyridine rings is 1. The van der Waals surface area contributed by atoms with Crippen molar-refractivity contribution in [1.82, 2.24) is 20.1 Å². The van der Waals surface area contributed by atoms with Gasteiger partial charge in [0.15, 0.2) is 0 Å². The number of aromatic amines is 1. The summed E-state index contributed by atoms with van der Waals surface area (Å²) >= 11 is 0. The van der Waals surface area contributed by atoms with Crippen LogP contribution in [0.2, 0.25) is 0 Å². The quantitative estimate of drug-likeness (QED) is 0.796. The van der Waals surface area contributed by atoms with E-state index in [1.165, 1.54) is 0 Å². The highest BCUT2D eigenvalue weighted by molar-refractivity contribution is 5.93. The van der Waals surface area contributed by atoms with E-state index in [1.807, 2.05) is 19.1 Å². The standard InChI is InChI=1S/C19H27N5O2/c1-3-11-26-16-6-7-18(20-12-16)22-19(25)14(2)24-10-4-5-15(13-24)17-8-9-21-23-17/h6-9,12,14-15H,3-5,10-11,13H2,1-2H3,(H,21,23)(H,20,22,25)/t14-,15?/m0/s1. The summed E-state index contributed by atoms with van der Waals surface area (Å²) in [6, 6.07) is 5.42. The predicted molar refractivity (Wildman–Crippen MR) is 100 cm³/mol. The minimum atomic E-state index is -0.210. The van der Waals surface area contributed by atoms with E-state index in [-0.39, 0.29) is 11.9 Å². The molecule has 7 heteroatoms. The van der Waals surface area contributed by atoms with Crippen LogP contribution in [-0.4, -0.2) is 51.7 Å². The summed E-state index contributed by atoms with van der Waals surface area (Å²) in [7, 11) is 0. The van der Waals surface area contributed by atoms with Crippen LogP contribution in [0, 0.1) is 0 Å². The molecule has 26 heavy (non-hydrogen) atoms. The second kappa shape index (κ2) is 8.80. The number of nitrogens with one attached hydrogen (secondary N) is 2. The zero-order valence-corrected chi connectivity index (χ0v) is 15.4. The zero-order valence-electron chi connectivity index (χ0n) is 15.4. The molecule has 1 aliphatic rings. The topological polar surface area (TPSA) is 83.1 Å². The lowest BCUT2D eigenvalue weighted by Crippen LogP contribution is -2.46. The number of piperidine rings is 1. The van der Waals surface area contributed by atoms with E-state index >= 15 is 0 Å². The summed E-state index contributed by atoms with van der Waals surface area (Å²) in [5, 5.41) is 10.0. The summed E-state index contributed by atoms with van der Waals surface area (Å²) in [5.41, 5.74) is 1.15. The zero-order chi connectivity index (χ0) is 18.4. The average molecular weight is 357 g/mol. The number of aromatic nitrogens is 3. The van der Waals surface area contributed by atoms with E-state index in [0.29, 0.717) is 18.3 Å². The van der Waals surface area contributed by atoms with Gasteiger partial charge >= 0.3 is 0 Å². The molecule has 0 saturated carbocycles. The summed E-state index contributed by atoms with van der Waals surface area (Å²) in [4.78, 5) is 19.1. The van der Waals surface area contributed by atoms with Crippen LogP contribution in [-0.2, 0) is 4.79 Å². The first kappa shape index (κ1) is 18.4. The molecule has 3 rings (SSSR count). The van der Waals surface area contributed by atoms with E-state index in [9.17, 15) is 4.79 Å². The van der Waals surface area contributed by atoms with Crippen LogP contribution >= 0.6 is 0 Å². The van der Waals surface area contributed by atoms with Crippen LogP contribution in [0.25, 0.3) is 0 Å². The van der Waals surface area contributed by atoms with E-state index in [2.05, 4.69) is 32.3 Å². The van der Waals surface area contributed by atoms with Crippen molar-refractivity contribution in [2.45, 2.75) is 45.1 Å². The molecule has 0 radical (unpaired) electrons. The molecule has 0 bridgehead atoms. The number of likely N-dealkylation sites (tertiary alicyclic amines) is 1. The second-order valence-corrected chi connectivity index (χ2v) is 6.74. The van der Waals surface area contributed by atoms with Gasteiger partial charge in [0.05, 0.1) is 18.8 Å². The Morgan fingerprint density at radius 3 is 3.04 bits per heavy atom. The fraction of sp³-hybridized carbons (Fsp3) is 0.526. The first-order valence-electron chi connectivity index (χ1n) is 9.30. The van der Waals surface area contributed by atoms with E-state index in [0.717, 1.165) is 43.8 Å². The number of amides is 1. The van der Waals surface area contributed by atoms with E-state index < -0.39 is 0 Å². The number of nitrogens with zero attached hydrogens (tertiary/aromatic N) is 3. The summed E-state index contributed by atoms with van der Waals surface area (Å²) in [6.45, 7) is 6.45. The lowest BCUT2D eigenvalue weighted by atomic mass is 9.94. The molecule has 2 atom stereocenters. The van der Waals surface area contributed by atoms with Crippen molar-refractivity contribution >= 4 is 11.7 Å². The highest BCUT2D eigenvalue weighted by Gasteiger charge is 2.28. The molecule has 2 aromatic rings. The molecular formula is C19H27N5O2. The monoisotopic (exact) mass is 357 g/mol. The second-order valence-electron chi connectivity index (χ2n) is 6.74. The van der Waals surface area contributed by atoms with Gasteiger partial charge in [-0.25, -0.2) is 4.98 Å². The molecule has 140 valence electrons. The van der Waals surface area contributed by atoms with Gasteiger partial charge in [0.25, 0.3) is 0 Å². The molecule has 0 aliphatic carbocycles. The number of carbonyl (C=O) groups is 1. The van der Waals surface area contributed by atoms with Gasteiger partial charge in [-0.1, -0.05) is 6.92 Å². The first-order valence-corrected chi connectivity index (χ1v) is 9.30. The van der Waals surface area contributed by atoms with Crippen molar-refractivity contribution in [2.75, 3.05) is 25.0 Å². The van der Waals surface area contributed by atoms with Crippen molar-refractivity contribution in [1.29, 1.82) is 0 Å². The Labute approximate surface area is 154 Å². The third-order valence-corrected chi connectivity index (χ3v) is 4.80. The molecule has 1 unspecified atom stereocenters. The Bertz CT molecular complexity index is 686. The molecule has 0 aromatic carbocycles. The van der Waals surface area contributed by atoms with E-state index in [1.54, 1.807) is 18.5 Å². The van der Waals surface area contributed by atoms with E-state index in [4.69, 9.17) is 4.74 Å². The predicted octanol–water partition coefficient (Wildman–Crippen LogP) is 2.80. The van der Waals surface area contributed by atoms with Gasteiger partial charge in [0.2, 0.25) is 5.91 Å². The van der Waals surface area contributed by atoms with Crippen molar-refractivity contribution in [3.05, 3.63) is 36.3 Å². The molecule has 7 nitrogen and oxygen atoms in total. The van der Waals surface area contributed by atoms with Crippen molar-refractivity contribution in [2.24, 2.45) is 0 Å². The largest absolute Gasteiger partial charge is 0.492 e. The van der Waals surface area contributed by atoms with Crippen molar-refractivity contribution in [3.8, 4) is 5.75 Å². The smallest absolute Gasteiger partial charge is 0.242 e. The Balaban J connectivity index is 1.55.